The lowest BCUT2D eigenvalue weighted by Crippen LogP contribution is -2.38. The van der Waals surface area contributed by atoms with Gasteiger partial charge in [-0.3, -0.25) is 4.99 Å². The van der Waals surface area contributed by atoms with E-state index in [9.17, 15) is 5.11 Å². The second kappa shape index (κ2) is 11.1. The Morgan fingerprint density at radius 1 is 1.31 bits per heavy atom. The first kappa shape index (κ1) is 20.6. The van der Waals surface area contributed by atoms with Crippen molar-refractivity contribution in [3.05, 3.63) is 51.2 Å². The number of nitrogens with zero attached hydrogens (tertiary/aromatic N) is 1. The Morgan fingerprint density at radius 3 is 2.85 bits per heavy atom. The van der Waals surface area contributed by atoms with E-state index in [0.717, 1.165) is 36.6 Å². The lowest BCUT2D eigenvalue weighted by Gasteiger charge is -2.13. The minimum absolute atomic E-state index is 0.294. The van der Waals surface area contributed by atoms with Crippen LogP contribution in [0.25, 0.3) is 0 Å². The number of thiophene rings is 1. The molecule has 0 bridgehead atoms. The summed E-state index contributed by atoms with van der Waals surface area (Å²) in [5.74, 6) is 1.59. The lowest BCUT2D eigenvalue weighted by atomic mass is 10.1. The van der Waals surface area contributed by atoms with E-state index in [1.807, 2.05) is 25.1 Å². The van der Waals surface area contributed by atoms with E-state index < -0.39 is 6.10 Å². The minimum Gasteiger partial charge on any atom is -0.497 e. The Labute approximate surface area is 164 Å². The quantitative estimate of drug-likeness (QED) is 0.344. The van der Waals surface area contributed by atoms with Gasteiger partial charge in [0.2, 0.25) is 0 Å². The van der Waals surface area contributed by atoms with Gasteiger partial charge < -0.3 is 20.5 Å². The smallest absolute Gasteiger partial charge is 0.191 e. The van der Waals surface area contributed by atoms with Crippen LogP contribution in [0.5, 0.6) is 5.75 Å². The number of nitrogens with one attached hydrogen (secondary N) is 2. The van der Waals surface area contributed by atoms with Crippen LogP contribution in [0.3, 0.4) is 0 Å². The fourth-order valence-electron chi connectivity index (χ4n) is 2.44. The van der Waals surface area contributed by atoms with Crippen LogP contribution in [0, 0.1) is 0 Å². The van der Waals surface area contributed by atoms with E-state index >= 15 is 0 Å². The van der Waals surface area contributed by atoms with Crippen molar-refractivity contribution in [2.24, 2.45) is 4.99 Å². The number of hydrogen-bond donors (Lipinski definition) is 3. The Kier molecular flexibility index (Phi) is 8.74. The summed E-state index contributed by atoms with van der Waals surface area (Å²) in [4.78, 5) is 5.29. The molecule has 142 valence electrons. The van der Waals surface area contributed by atoms with E-state index in [2.05, 4.69) is 27.8 Å². The zero-order chi connectivity index (χ0) is 18.8. The number of hydrogen-bond acceptors (Lipinski definition) is 4. The molecular formula is C19H26ClN3O2S. The molecule has 0 radical (unpaired) electrons. The van der Waals surface area contributed by atoms with Crippen molar-refractivity contribution in [3.8, 4) is 5.75 Å². The highest BCUT2D eigenvalue weighted by Crippen LogP contribution is 2.26. The highest BCUT2D eigenvalue weighted by atomic mass is 35.5. The average Bonchev–Trinajstić information content (AvgIpc) is 3.09. The summed E-state index contributed by atoms with van der Waals surface area (Å²) >= 11 is 7.29. The molecule has 7 heteroatoms. The maximum Gasteiger partial charge on any atom is 0.191 e. The summed E-state index contributed by atoms with van der Waals surface area (Å²) in [6, 6.07) is 11.7. The van der Waals surface area contributed by atoms with Gasteiger partial charge in [0, 0.05) is 18.0 Å². The topological polar surface area (TPSA) is 65.9 Å². The van der Waals surface area contributed by atoms with E-state index in [0.29, 0.717) is 16.8 Å². The summed E-state index contributed by atoms with van der Waals surface area (Å²) in [5, 5.41) is 16.7. The molecule has 2 rings (SSSR count). The monoisotopic (exact) mass is 395 g/mol. The molecule has 0 fully saturated rings. The summed E-state index contributed by atoms with van der Waals surface area (Å²) < 4.78 is 5.92. The first-order chi connectivity index (χ1) is 12.6. The van der Waals surface area contributed by atoms with Crippen molar-refractivity contribution in [1.29, 1.82) is 0 Å². The van der Waals surface area contributed by atoms with Gasteiger partial charge in [-0.15, -0.1) is 11.3 Å². The Morgan fingerprint density at radius 2 is 2.15 bits per heavy atom. The molecule has 1 aromatic carbocycles. The molecule has 1 atom stereocenters. The highest BCUT2D eigenvalue weighted by molar-refractivity contribution is 7.16. The molecule has 1 aromatic heterocycles. The molecule has 0 aliphatic rings. The van der Waals surface area contributed by atoms with E-state index in [4.69, 9.17) is 16.3 Å². The third-order valence-electron chi connectivity index (χ3n) is 3.76. The van der Waals surface area contributed by atoms with Crippen LogP contribution < -0.4 is 15.4 Å². The standard InChI is InChI=1S/C19H26ClN3O2S/c1-3-21-19(23-13-16(24)17-9-10-18(20)26-17)22-11-5-7-14-6-4-8-15(12-14)25-2/h4,6,8-10,12,16,24H,3,5,7,11,13H2,1-2H3,(H2,21,22,23). The van der Waals surface area contributed by atoms with E-state index in [1.54, 1.807) is 13.2 Å². The van der Waals surface area contributed by atoms with Crippen molar-refractivity contribution < 1.29 is 9.84 Å². The molecule has 0 aliphatic heterocycles. The minimum atomic E-state index is -0.639. The van der Waals surface area contributed by atoms with Crippen molar-refractivity contribution >= 4 is 28.9 Å². The van der Waals surface area contributed by atoms with Gasteiger partial charge in [0.15, 0.2) is 5.96 Å². The second-order valence-corrected chi connectivity index (χ2v) is 7.51. The number of aliphatic imine (C=N–C) groups is 1. The van der Waals surface area contributed by atoms with E-state index in [-0.39, 0.29) is 0 Å². The van der Waals surface area contributed by atoms with Crippen molar-refractivity contribution in [2.45, 2.75) is 25.9 Å². The van der Waals surface area contributed by atoms with Gasteiger partial charge in [0.1, 0.15) is 11.9 Å². The van der Waals surface area contributed by atoms with Crippen LogP contribution in [0.15, 0.2) is 41.4 Å². The van der Waals surface area contributed by atoms with Gasteiger partial charge >= 0.3 is 0 Å². The number of benzene rings is 1. The molecule has 0 amide bonds. The van der Waals surface area contributed by atoms with Gasteiger partial charge in [-0.05, 0) is 49.6 Å². The number of aliphatic hydroxyl groups excluding tert-OH is 1. The SMILES string of the molecule is CCNC(=NCC(O)c1ccc(Cl)s1)NCCCc1cccc(OC)c1. The number of ether oxygens (including phenoxy) is 1. The zero-order valence-electron chi connectivity index (χ0n) is 15.2. The number of rotatable bonds is 9. The van der Waals surface area contributed by atoms with Crippen LogP contribution in [0.2, 0.25) is 4.34 Å². The third-order valence-corrected chi connectivity index (χ3v) is 5.09. The third kappa shape index (κ3) is 6.86. The molecule has 0 spiro atoms. The number of methoxy groups -OCH3 is 1. The zero-order valence-corrected chi connectivity index (χ0v) is 16.7. The predicted molar refractivity (Wildman–Crippen MR) is 110 cm³/mol. The molecule has 5 nitrogen and oxygen atoms in total. The largest absolute Gasteiger partial charge is 0.497 e. The fraction of sp³-hybridized carbons (Fsp3) is 0.421. The van der Waals surface area contributed by atoms with Crippen molar-refractivity contribution in [2.75, 3.05) is 26.7 Å². The second-order valence-electron chi connectivity index (χ2n) is 5.76. The Hall–Kier alpha value is -1.76. The molecular weight excluding hydrogens is 370 g/mol. The van der Waals surface area contributed by atoms with Crippen LogP contribution in [-0.4, -0.2) is 37.8 Å². The van der Waals surface area contributed by atoms with Gasteiger partial charge in [-0.25, -0.2) is 0 Å². The normalized spacial score (nSPS) is 12.7. The van der Waals surface area contributed by atoms with Crippen LogP contribution >= 0.6 is 22.9 Å². The van der Waals surface area contributed by atoms with Crippen LogP contribution in [0.1, 0.15) is 29.9 Å². The molecule has 2 aromatic rings. The van der Waals surface area contributed by atoms with Crippen molar-refractivity contribution in [3.63, 3.8) is 0 Å². The maximum absolute atomic E-state index is 10.2. The molecule has 3 N–H and O–H groups in total. The lowest BCUT2D eigenvalue weighted by molar-refractivity contribution is 0.191. The average molecular weight is 396 g/mol. The van der Waals surface area contributed by atoms with Crippen molar-refractivity contribution in [1.82, 2.24) is 10.6 Å². The molecule has 0 saturated carbocycles. The predicted octanol–water partition coefficient (Wildman–Crippen LogP) is 3.63. The van der Waals surface area contributed by atoms with Crippen LogP contribution in [-0.2, 0) is 6.42 Å². The molecule has 0 saturated heterocycles. The molecule has 0 aliphatic carbocycles. The number of halogens is 1. The highest BCUT2D eigenvalue weighted by Gasteiger charge is 2.10. The molecule has 1 heterocycles. The summed E-state index contributed by atoms with van der Waals surface area (Å²) in [7, 11) is 1.68. The number of guanidine groups is 1. The van der Waals surface area contributed by atoms with Gasteiger partial charge in [0.25, 0.3) is 0 Å². The molecule has 26 heavy (non-hydrogen) atoms. The maximum atomic E-state index is 10.2. The summed E-state index contributed by atoms with van der Waals surface area (Å²) in [6.45, 7) is 3.87. The van der Waals surface area contributed by atoms with Crippen LogP contribution in [0.4, 0.5) is 0 Å². The molecule has 1 unspecified atom stereocenters. The summed E-state index contributed by atoms with van der Waals surface area (Å²) in [5.41, 5.74) is 1.25. The van der Waals surface area contributed by atoms with Gasteiger partial charge in [-0.2, -0.15) is 0 Å². The number of aryl methyl sites for hydroxylation is 1. The Bertz CT molecular complexity index is 706. The Balaban J connectivity index is 1.79. The summed E-state index contributed by atoms with van der Waals surface area (Å²) in [6.07, 6.45) is 1.29. The fourth-order valence-corrected chi connectivity index (χ4v) is 3.48. The van der Waals surface area contributed by atoms with Gasteiger partial charge in [-0.1, -0.05) is 23.7 Å². The first-order valence-electron chi connectivity index (χ1n) is 8.70. The number of aliphatic hydroxyl groups is 1. The van der Waals surface area contributed by atoms with E-state index in [1.165, 1.54) is 16.9 Å². The van der Waals surface area contributed by atoms with Gasteiger partial charge in [0.05, 0.1) is 18.0 Å². The first-order valence-corrected chi connectivity index (χ1v) is 9.90.